The van der Waals surface area contributed by atoms with E-state index in [1.807, 2.05) is 12.1 Å². The van der Waals surface area contributed by atoms with Gasteiger partial charge in [-0.2, -0.15) is 0 Å². The first-order valence-electron chi connectivity index (χ1n) is 8.55. The monoisotopic (exact) mass is 374 g/mol. The molecule has 0 unspecified atom stereocenters. The van der Waals surface area contributed by atoms with Crippen molar-refractivity contribution in [2.75, 3.05) is 13.1 Å². The van der Waals surface area contributed by atoms with Gasteiger partial charge in [-0.1, -0.05) is 35.9 Å². The van der Waals surface area contributed by atoms with Crippen LogP contribution in [0, 0.1) is 11.7 Å². The summed E-state index contributed by atoms with van der Waals surface area (Å²) in [5.41, 5.74) is 1.93. The number of halogens is 2. The Kier molecular flexibility index (Phi) is 5.89. The van der Waals surface area contributed by atoms with Crippen molar-refractivity contribution in [1.82, 2.24) is 10.2 Å². The van der Waals surface area contributed by atoms with E-state index in [9.17, 15) is 14.0 Å². The number of carbonyl (C=O) groups is 2. The SMILES string of the molecule is O=C(NCc1ccc(Cl)cc1)[C@H]1CC(=O)N(CCc2ccc(F)cc2)C1. The molecule has 1 atom stereocenters. The van der Waals surface area contributed by atoms with E-state index in [4.69, 9.17) is 11.6 Å². The molecule has 136 valence electrons. The van der Waals surface area contributed by atoms with E-state index in [1.165, 1.54) is 12.1 Å². The van der Waals surface area contributed by atoms with Crippen molar-refractivity contribution in [2.45, 2.75) is 19.4 Å². The normalized spacial score (nSPS) is 16.8. The predicted molar refractivity (Wildman–Crippen MR) is 98.1 cm³/mol. The third kappa shape index (κ3) is 4.82. The maximum Gasteiger partial charge on any atom is 0.225 e. The van der Waals surface area contributed by atoms with Crippen molar-refractivity contribution in [3.05, 3.63) is 70.5 Å². The Morgan fingerprint density at radius 3 is 2.46 bits per heavy atom. The molecule has 2 aromatic carbocycles. The number of nitrogens with zero attached hydrogens (tertiary/aromatic N) is 1. The summed E-state index contributed by atoms with van der Waals surface area (Å²) in [5.74, 6) is -0.734. The molecule has 2 amide bonds. The van der Waals surface area contributed by atoms with E-state index in [0.717, 1.165) is 11.1 Å². The molecule has 0 saturated carbocycles. The van der Waals surface area contributed by atoms with Crippen LogP contribution in [0.3, 0.4) is 0 Å². The first-order valence-corrected chi connectivity index (χ1v) is 8.93. The van der Waals surface area contributed by atoms with Gasteiger partial charge in [0.2, 0.25) is 11.8 Å². The molecular weight excluding hydrogens is 355 g/mol. The topological polar surface area (TPSA) is 49.4 Å². The van der Waals surface area contributed by atoms with Crippen molar-refractivity contribution in [3.63, 3.8) is 0 Å². The minimum atomic E-state index is -0.331. The number of rotatable bonds is 6. The van der Waals surface area contributed by atoms with Gasteiger partial charge in [-0.3, -0.25) is 9.59 Å². The number of carbonyl (C=O) groups excluding carboxylic acids is 2. The minimum Gasteiger partial charge on any atom is -0.352 e. The van der Waals surface area contributed by atoms with Crippen molar-refractivity contribution in [1.29, 1.82) is 0 Å². The quantitative estimate of drug-likeness (QED) is 0.844. The molecule has 0 aromatic heterocycles. The number of likely N-dealkylation sites (tertiary alicyclic amines) is 1. The van der Waals surface area contributed by atoms with E-state index in [-0.39, 0.29) is 30.0 Å². The first-order chi connectivity index (χ1) is 12.5. The van der Waals surface area contributed by atoms with Crippen LogP contribution in [0.2, 0.25) is 5.02 Å². The lowest BCUT2D eigenvalue weighted by atomic mass is 10.1. The van der Waals surface area contributed by atoms with Gasteiger partial charge >= 0.3 is 0 Å². The summed E-state index contributed by atoms with van der Waals surface area (Å²) in [4.78, 5) is 26.2. The Labute approximate surface area is 157 Å². The summed E-state index contributed by atoms with van der Waals surface area (Å²) in [7, 11) is 0. The van der Waals surface area contributed by atoms with Gasteiger partial charge in [0.15, 0.2) is 0 Å². The van der Waals surface area contributed by atoms with E-state index < -0.39 is 0 Å². The second kappa shape index (κ2) is 8.32. The van der Waals surface area contributed by atoms with Crippen molar-refractivity contribution >= 4 is 23.4 Å². The van der Waals surface area contributed by atoms with Gasteiger partial charge in [0.25, 0.3) is 0 Å². The summed E-state index contributed by atoms with van der Waals surface area (Å²) in [6.45, 7) is 1.37. The maximum atomic E-state index is 12.9. The number of hydrogen-bond donors (Lipinski definition) is 1. The van der Waals surface area contributed by atoms with Gasteiger partial charge in [-0.05, 0) is 41.8 Å². The minimum absolute atomic E-state index is 0.0150. The molecule has 6 heteroatoms. The van der Waals surface area contributed by atoms with Crippen LogP contribution in [0.4, 0.5) is 4.39 Å². The highest BCUT2D eigenvalue weighted by atomic mass is 35.5. The predicted octanol–water partition coefficient (Wildman–Crippen LogP) is 3.19. The molecule has 0 bridgehead atoms. The van der Waals surface area contributed by atoms with Crippen LogP contribution in [0.1, 0.15) is 17.5 Å². The van der Waals surface area contributed by atoms with Crippen molar-refractivity contribution < 1.29 is 14.0 Å². The Morgan fingerprint density at radius 1 is 1.12 bits per heavy atom. The summed E-state index contributed by atoms with van der Waals surface area (Å²) < 4.78 is 12.9. The van der Waals surface area contributed by atoms with Gasteiger partial charge in [-0.25, -0.2) is 4.39 Å². The Morgan fingerprint density at radius 2 is 1.77 bits per heavy atom. The lowest BCUT2D eigenvalue weighted by Crippen LogP contribution is -2.33. The molecule has 0 spiro atoms. The molecule has 0 radical (unpaired) electrons. The zero-order valence-corrected chi connectivity index (χ0v) is 15.0. The van der Waals surface area contributed by atoms with Crippen molar-refractivity contribution in [2.24, 2.45) is 5.92 Å². The number of hydrogen-bond acceptors (Lipinski definition) is 2. The number of amides is 2. The zero-order chi connectivity index (χ0) is 18.5. The molecule has 1 aliphatic rings. The van der Waals surface area contributed by atoms with E-state index in [1.54, 1.807) is 29.2 Å². The summed E-state index contributed by atoms with van der Waals surface area (Å²) in [6.07, 6.45) is 0.876. The lowest BCUT2D eigenvalue weighted by molar-refractivity contribution is -0.129. The van der Waals surface area contributed by atoms with Crippen molar-refractivity contribution in [3.8, 4) is 0 Å². The van der Waals surface area contributed by atoms with E-state index >= 15 is 0 Å². The van der Waals surface area contributed by atoms with Gasteiger partial charge in [0.05, 0.1) is 5.92 Å². The average Bonchev–Trinajstić information content (AvgIpc) is 3.01. The molecule has 4 nitrogen and oxygen atoms in total. The highest BCUT2D eigenvalue weighted by molar-refractivity contribution is 6.30. The molecule has 1 heterocycles. The fourth-order valence-corrected chi connectivity index (χ4v) is 3.14. The Bertz CT molecular complexity index is 777. The number of nitrogens with one attached hydrogen (secondary N) is 1. The summed E-state index contributed by atoms with van der Waals surface area (Å²) >= 11 is 5.84. The third-order valence-electron chi connectivity index (χ3n) is 4.55. The molecule has 1 saturated heterocycles. The van der Waals surface area contributed by atoms with Crippen LogP contribution in [0.25, 0.3) is 0 Å². The second-order valence-corrected chi connectivity index (χ2v) is 6.90. The van der Waals surface area contributed by atoms with Gasteiger partial charge in [0.1, 0.15) is 5.82 Å². The average molecular weight is 375 g/mol. The standard InChI is InChI=1S/C20H20ClFN2O2/c21-17-5-1-15(2-6-17)12-23-20(26)16-11-19(25)24(13-16)10-9-14-3-7-18(22)8-4-14/h1-8,16H,9-13H2,(H,23,26)/t16-/m0/s1. The zero-order valence-electron chi connectivity index (χ0n) is 14.3. The van der Waals surface area contributed by atoms with Crippen LogP contribution in [-0.2, 0) is 22.6 Å². The molecule has 2 aromatic rings. The first kappa shape index (κ1) is 18.4. The lowest BCUT2D eigenvalue weighted by Gasteiger charge is -2.16. The van der Waals surface area contributed by atoms with Crippen LogP contribution in [0.15, 0.2) is 48.5 Å². The molecular formula is C20H20ClFN2O2. The maximum absolute atomic E-state index is 12.9. The summed E-state index contributed by atoms with van der Waals surface area (Å²) in [6, 6.07) is 13.5. The number of benzene rings is 2. The summed E-state index contributed by atoms with van der Waals surface area (Å²) in [5, 5.41) is 3.53. The molecule has 0 aliphatic carbocycles. The molecule has 1 aliphatic heterocycles. The molecule has 3 rings (SSSR count). The van der Waals surface area contributed by atoms with E-state index in [2.05, 4.69) is 5.32 Å². The second-order valence-electron chi connectivity index (χ2n) is 6.46. The largest absolute Gasteiger partial charge is 0.352 e. The van der Waals surface area contributed by atoms with Crippen LogP contribution in [0.5, 0.6) is 0 Å². The molecule has 26 heavy (non-hydrogen) atoms. The Balaban J connectivity index is 1.47. The van der Waals surface area contributed by atoms with Crippen LogP contribution >= 0.6 is 11.6 Å². The third-order valence-corrected chi connectivity index (χ3v) is 4.80. The highest BCUT2D eigenvalue weighted by Crippen LogP contribution is 2.19. The fraction of sp³-hybridized carbons (Fsp3) is 0.300. The Hall–Kier alpha value is -2.40. The van der Waals surface area contributed by atoms with Crippen LogP contribution in [-0.4, -0.2) is 29.8 Å². The highest BCUT2D eigenvalue weighted by Gasteiger charge is 2.33. The molecule has 1 N–H and O–H groups in total. The fourth-order valence-electron chi connectivity index (χ4n) is 3.01. The van der Waals surface area contributed by atoms with Gasteiger partial charge in [0, 0.05) is 31.1 Å². The van der Waals surface area contributed by atoms with Gasteiger partial charge < -0.3 is 10.2 Å². The van der Waals surface area contributed by atoms with Crippen LogP contribution < -0.4 is 5.32 Å². The van der Waals surface area contributed by atoms with E-state index in [0.29, 0.717) is 31.1 Å². The molecule has 1 fully saturated rings. The van der Waals surface area contributed by atoms with Gasteiger partial charge in [-0.15, -0.1) is 0 Å². The smallest absolute Gasteiger partial charge is 0.225 e.